The summed E-state index contributed by atoms with van der Waals surface area (Å²) in [6, 6.07) is 18.8. The number of anilines is 1. The zero-order chi connectivity index (χ0) is 23.8. The van der Waals surface area contributed by atoms with Crippen LogP contribution in [0.3, 0.4) is 0 Å². The first kappa shape index (κ1) is 22.4. The van der Waals surface area contributed by atoms with Crippen LogP contribution in [0, 0.1) is 0 Å². The molecule has 0 atom stereocenters. The summed E-state index contributed by atoms with van der Waals surface area (Å²) in [6.07, 6.45) is 0. The molecule has 4 aromatic carbocycles. The van der Waals surface area contributed by atoms with Gasteiger partial charge in [0, 0.05) is 6.07 Å². The lowest BCUT2D eigenvalue weighted by Gasteiger charge is -2.10. The van der Waals surface area contributed by atoms with Crippen molar-refractivity contribution in [2.75, 3.05) is 5.73 Å². The van der Waals surface area contributed by atoms with Crippen LogP contribution < -0.4 is 5.73 Å². The minimum absolute atomic E-state index is 0.0128. The number of nitrogens with zero attached hydrogens (tertiary/aromatic N) is 2. The number of phenolic OH excluding ortho intramolecular Hbond substituents is 1. The fraction of sp³-hybridized carbons (Fsp3) is 0. The van der Waals surface area contributed by atoms with Crippen LogP contribution in [0.5, 0.6) is 5.75 Å². The topological polar surface area (TPSA) is 159 Å². The number of aromatic hydroxyl groups is 1. The molecule has 0 aliphatic heterocycles. The van der Waals surface area contributed by atoms with Crippen LogP contribution >= 0.6 is 0 Å². The van der Waals surface area contributed by atoms with E-state index in [-0.39, 0.29) is 37.6 Å². The number of hydrogen-bond donors (Lipinski definition) is 3. The van der Waals surface area contributed by atoms with E-state index in [4.69, 9.17) is 5.73 Å². The van der Waals surface area contributed by atoms with Crippen molar-refractivity contribution in [2.24, 2.45) is 10.2 Å². The summed E-state index contributed by atoms with van der Waals surface area (Å²) in [5.74, 6) is -0.494. The second-order valence-electron chi connectivity index (χ2n) is 7.00. The van der Waals surface area contributed by atoms with Gasteiger partial charge in [0.25, 0.3) is 10.1 Å². The molecular formula is C22H17N3O6S2. The largest absolute Gasteiger partial charge is 0.507 e. The van der Waals surface area contributed by atoms with Gasteiger partial charge in [-0.05, 0) is 41.8 Å². The summed E-state index contributed by atoms with van der Waals surface area (Å²) in [6.45, 7) is 0. The summed E-state index contributed by atoms with van der Waals surface area (Å²) < 4.78 is 58.4. The van der Waals surface area contributed by atoms with Gasteiger partial charge in [-0.3, -0.25) is 4.55 Å². The quantitative estimate of drug-likeness (QED) is 0.212. The Balaban J connectivity index is 1.87. The van der Waals surface area contributed by atoms with Crippen LogP contribution in [0.1, 0.15) is 0 Å². The Labute approximate surface area is 189 Å². The van der Waals surface area contributed by atoms with Crippen LogP contribution in [0.2, 0.25) is 0 Å². The number of benzene rings is 4. The fourth-order valence-corrected chi connectivity index (χ4v) is 5.22. The molecule has 4 aromatic rings. The van der Waals surface area contributed by atoms with Gasteiger partial charge in [-0.15, -0.1) is 10.2 Å². The van der Waals surface area contributed by atoms with Crippen molar-refractivity contribution in [3.05, 3.63) is 78.9 Å². The van der Waals surface area contributed by atoms with Crippen molar-refractivity contribution in [1.29, 1.82) is 0 Å². The Kier molecular flexibility index (Phi) is 5.62. The zero-order valence-corrected chi connectivity index (χ0v) is 18.5. The number of azo groups is 1. The van der Waals surface area contributed by atoms with Gasteiger partial charge in [-0.1, -0.05) is 36.4 Å². The van der Waals surface area contributed by atoms with Crippen molar-refractivity contribution < 1.29 is 26.5 Å². The van der Waals surface area contributed by atoms with Crippen molar-refractivity contribution in [2.45, 2.75) is 14.7 Å². The van der Waals surface area contributed by atoms with E-state index in [0.717, 1.165) is 12.1 Å². The molecule has 11 heteroatoms. The van der Waals surface area contributed by atoms with E-state index in [1.54, 1.807) is 30.3 Å². The Morgan fingerprint density at radius 1 is 0.758 bits per heavy atom. The molecule has 33 heavy (non-hydrogen) atoms. The molecule has 0 fully saturated rings. The van der Waals surface area contributed by atoms with Gasteiger partial charge in [-0.25, -0.2) is 8.42 Å². The molecule has 0 saturated heterocycles. The standard InChI is InChI=1S/C22H17N3O6S2/c23-17-11-10-14-12-16(33(29,30)31)13-19(26)21(14)22(17)25-24-18-8-4-5-9-20(18)32(27,28)15-6-2-1-3-7-15/h1-13,26H,23H2,(H,29,30,31). The van der Waals surface area contributed by atoms with Crippen LogP contribution in [-0.4, -0.2) is 26.5 Å². The first-order valence-corrected chi connectivity index (χ1v) is 12.3. The molecule has 0 aromatic heterocycles. The highest BCUT2D eigenvalue weighted by Gasteiger charge is 2.21. The van der Waals surface area contributed by atoms with Gasteiger partial charge >= 0.3 is 0 Å². The van der Waals surface area contributed by atoms with Gasteiger partial charge < -0.3 is 10.8 Å². The summed E-state index contributed by atoms with van der Waals surface area (Å²) in [7, 11) is -8.44. The number of rotatable bonds is 5. The minimum atomic E-state index is -4.56. The molecule has 4 rings (SSSR count). The maximum atomic E-state index is 13.1. The lowest BCUT2D eigenvalue weighted by Crippen LogP contribution is -2.01. The van der Waals surface area contributed by atoms with E-state index in [2.05, 4.69) is 10.2 Å². The molecule has 0 unspecified atom stereocenters. The predicted molar refractivity (Wildman–Crippen MR) is 122 cm³/mol. The number of fused-ring (bicyclic) bond motifs is 1. The summed E-state index contributed by atoms with van der Waals surface area (Å²) in [5.41, 5.74) is 6.18. The fourth-order valence-electron chi connectivity index (χ4n) is 3.27. The van der Waals surface area contributed by atoms with Crippen LogP contribution in [0.4, 0.5) is 17.1 Å². The molecule has 0 heterocycles. The minimum Gasteiger partial charge on any atom is -0.507 e. The molecule has 0 radical (unpaired) electrons. The first-order chi connectivity index (χ1) is 15.6. The Morgan fingerprint density at radius 2 is 1.42 bits per heavy atom. The molecule has 0 spiro atoms. The van der Waals surface area contributed by atoms with Gasteiger partial charge in [0.15, 0.2) is 0 Å². The third-order valence-electron chi connectivity index (χ3n) is 4.84. The molecule has 0 saturated carbocycles. The van der Waals surface area contributed by atoms with E-state index in [0.29, 0.717) is 0 Å². The van der Waals surface area contributed by atoms with Gasteiger partial charge in [0.05, 0.1) is 25.8 Å². The second kappa shape index (κ2) is 8.28. The van der Waals surface area contributed by atoms with Crippen molar-refractivity contribution in [1.82, 2.24) is 0 Å². The average molecular weight is 484 g/mol. The van der Waals surface area contributed by atoms with Crippen molar-refractivity contribution in [3.63, 3.8) is 0 Å². The van der Waals surface area contributed by atoms with E-state index in [1.165, 1.54) is 36.4 Å². The number of phenols is 1. The third kappa shape index (κ3) is 4.29. The number of sulfone groups is 1. The maximum Gasteiger partial charge on any atom is 0.294 e. The molecule has 0 aliphatic rings. The molecular weight excluding hydrogens is 466 g/mol. The Bertz CT molecular complexity index is 1620. The van der Waals surface area contributed by atoms with Gasteiger partial charge in [-0.2, -0.15) is 8.42 Å². The molecule has 0 amide bonds. The Hall–Kier alpha value is -3.80. The monoisotopic (exact) mass is 483 g/mol. The maximum absolute atomic E-state index is 13.1. The SMILES string of the molecule is Nc1ccc2cc(S(=O)(=O)O)cc(O)c2c1N=Nc1ccccc1S(=O)(=O)c1ccccc1. The van der Waals surface area contributed by atoms with Gasteiger partial charge in [0.2, 0.25) is 9.84 Å². The Morgan fingerprint density at radius 3 is 2.12 bits per heavy atom. The molecule has 9 nitrogen and oxygen atoms in total. The smallest absolute Gasteiger partial charge is 0.294 e. The second-order valence-corrected chi connectivity index (χ2v) is 10.3. The average Bonchev–Trinajstić information content (AvgIpc) is 2.78. The van der Waals surface area contributed by atoms with E-state index in [9.17, 15) is 26.5 Å². The van der Waals surface area contributed by atoms with E-state index >= 15 is 0 Å². The first-order valence-electron chi connectivity index (χ1n) is 9.42. The lowest BCUT2D eigenvalue weighted by atomic mass is 10.1. The normalized spacial score (nSPS) is 12.4. The lowest BCUT2D eigenvalue weighted by molar-refractivity contribution is 0.471. The van der Waals surface area contributed by atoms with Crippen LogP contribution in [0.15, 0.2) is 104 Å². The van der Waals surface area contributed by atoms with E-state index in [1.807, 2.05) is 0 Å². The molecule has 0 aliphatic carbocycles. The number of nitrogens with two attached hydrogens (primary N) is 1. The zero-order valence-electron chi connectivity index (χ0n) is 16.8. The summed E-state index contributed by atoms with van der Waals surface area (Å²) in [5, 5.41) is 18.9. The van der Waals surface area contributed by atoms with E-state index < -0.39 is 30.6 Å². The highest BCUT2D eigenvalue weighted by atomic mass is 32.2. The van der Waals surface area contributed by atoms with Crippen molar-refractivity contribution >= 4 is 47.8 Å². The van der Waals surface area contributed by atoms with Crippen molar-refractivity contribution in [3.8, 4) is 5.75 Å². The number of nitrogen functional groups attached to an aromatic ring is 1. The number of hydrogen-bond acceptors (Lipinski definition) is 8. The van der Waals surface area contributed by atoms with Gasteiger partial charge in [0.1, 0.15) is 17.1 Å². The molecule has 4 N–H and O–H groups in total. The van der Waals surface area contributed by atoms with Crippen LogP contribution in [0.25, 0.3) is 10.8 Å². The molecule has 0 bridgehead atoms. The third-order valence-corrected chi connectivity index (χ3v) is 7.49. The predicted octanol–water partition coefficient (Wildman–Crippen LogP) is 4.62. The summed E-state index contributed by atoms with van der Waals surface area (Å²) >= 11 is 0. The summed E-state index contributed by atoms with van der Waals surface area (Å²) in [4.78, 5) is -0.483. The molecule has 168 valence electrons. The highest BCUT2D eigenvalue weighted by molar-refractivity contribution is 7.91. The highest BCUT2D eigenvalue weighted by Crippen LogP contribution is 2.41. The van der Waals surface area contributed by atoms with Crippen LogP contribution in [-0.2, 0) is 20.0 Å².